The van der Waals surface area contributed by atoms with E-state index in [2.05, 4.69) is 15.0 Å². The third-order valence-corrected chi connectivity index (χ3v) is 6.41. The fourth-order valence-electron chi connectivity index (χ4n) is 2.77. The highest BCUT2D eigenvalue weighted by molar-refractivity contribution is 7.93. The van der Waals surface area contributed by atoms with Gasteiger partial charge in [-0.1, -0.05) is 0 Å². The first kappa shape index (κ1) is 23.1. The van der Waals surface area contributed by atoms with E-state index in [1.54, 1.807) is 23.6 Å². The van der Waals surface area contributed by atoms with Gasteiger partial charge >= 0.3 is 0 Å². The minimum absolute atomic E-state index is 0.0521. The molecule has 0 aliphatic heterocycles. The molecule has 1 heterocycles. The Kier molecular flexibility index (Phi) is 7.33. The molecule has 9 nitrogen and oxygen atoms in total. The van der Waals surface area contributed by atoms with Crippen molar-refractivity contribution >= 4 is 44.2 Å². The fraction of sp³-hybridized carbons (Fsp3) is 0.143. The lowest BCUT2D eigenvalue weighted by Crippen LogP contribution is -2.13. The Morgan fingerprint density at radius 2 is 1.72 bits per heavy atom. The van der Waals surface area contributed by atoms with Gasteiger partial charge in [0.25, 0.3) is 10.0 Å². The van der Waals surface area contributed by atoms with Gasteiger partial charge in [0.2, 0.25) is 11.7 Å². The number of thiazole rings is 1. The van der Waals surface area contributed by atoms with Gasteiger partial charge < -0.3 is 19.5 Å². The van der Waals surface area contributed by atoms with Crippen LogP contribution >= 0.6 is 11.3 Å². The normalized spacial score (nSPS) is 11.2. The third-order valence-electron chi connectivity index (χ3n) is 4.24. The summed E-state index contributed by atoms with van der Waals surface area (Å²) in [5.41, 5.74) is 1.06. The Morgan fingerprint density at radius 1 is 1.00 bits per heavy atom. The number of hydrogen-bond acceptors (Lipinski definition) is 8. The van der Waals surface area contributed by atoms with Crippen LogP contribution in [0.25, 0.3) is 6.08 Å². The molecule has 0 spiro atoms. The lowest BCUT2D eigenvalue weighted by atomic mass is 10.1. The minimum atomic E-state index is -3.76. The standard InChI is InChI=1S/C21H21N3O6S2/c1-28-17-10-4-14(19(29-2)20(17)30-3)5-11-18(25)23-15-6-8-16(9-7-15)32(26,27)24-21-22-12-13-31-21/h4-13H,1-3H3,(H,22,24)(H,23,25). The topological polar surface area (TPSA) is 116 Å². The fourth-order valence-corrected chi connectivity index (χ4v) is 4.56. The average Bonchev–Trinajstić information content (AvgIpc) is 3.29. The van der Waals surface area contributed by atoms with E-state index >= 15 is 0 Å². The number of sulfonamides is 1. The Morgan fingerprint density at radius 3 is 2.31 bits per heavy atom. The zero-order valence-electron chi connectivity index (χ0n) is 17.5. The zero-order valence-corrected chi connectivity index (χ0v) is 19.1. The number of carbonyl (C=O) groups excluding carboxylic acids is 1. The monoisotopic (exact) mass is 475 g/mol. The summed E-state index contributed by atoms with van der Waals surface area (Å²) >= 11 is 1.18. The molecule has 0 atom stereocenters. The summed E-state index contributed by atoms with van der Waals surface area (Å²) in [4.78, 5) is 16.3. The number of nitrogens with one attached hydrogen (secondary N) is 2. The predicted molar refractivity (Wildman–Crippen MR) is 123 cm³/mol. The molecule has 0 fully saturated rings. The molecule has 0 aliphatic carbocycles. The van der Waals surface area contributed by atoms with E-state index in [4.69, 9.17) is 14.2 Å². The molecule has 0 bridgehead atoms. The Hall–Kier alpha value is -3.57. The number of anilines is 2. The number of aromatic nitrogens is 1. The molecule has 2 N–H and O–H groups in total. The number of carbonyl (C=O) groups is 1. The number of nitrogens with zero attached hydrogens (tertiary/aromatic N) is 1. The number of methoxy groups -OCH3 is 3. The molecule has 2 aromatic carbocycles. The molecule has 168 valence electrons. The van der Waals surface area contributed by atoms with E-state index in [0.29, 0.717) is 28.5 Å². The maximum absolute atomic E-state index is 12.4. The van der Waals surface area contributed by atoms with Crippen molar-refractivity contribution in [2.24, 2.45) is 0 Å². The quantitative estimate of drug-likeness (QED) is 0.454. The maximum atomic E-state index is 12.4. The first-order valence-electron chi connectivity index (χ1n) is 9.18. The van der Waals surface area contributed by atoms with Crippen LogP contribution in [0.5, 0.6) is 17.2 Å². The second-order valence-corrected chi connectivity index (χ2v) is 8.79. The highest BCUT2D eigenvalue weighted by Crippen LogP contribution is 2.40. The van der Waals surface area contributed by atoms with Crippen LogP contribution in [0, 0.1) is 0 Å². The van der Waals surface area contributed by atoms with Crippen LogP contribution in [0.1, 0.15) is 5.56 Å². The predicted octanol–water partition coefficient (Wildman–Crippen LogP) is 3.62. The number of hydrogen-bond donors (Lipinski definition) is 2. The Balaban J connectivity index is 1.70. The molecule has 0 aliphatic rings. The third kappa shape index (κ3) is 5.37. The molecule has 11 heteroatoms. The Bertz CT molecular complexity index is 1210. The van der Waals surface area contributed by atoms with Gasteiger partial charge in [-0.3, -0.25) is 9.52 Å². The van der Waals surface area contributed by atoms with Gasteiger partial charge in [-0.2, -0.15) is 0 Å². The maximum Gasteiger partial charge on any atom is 0.263 e. The molecule has 1 amide bonds. The van der Waals surface area contributed by atoms with E-state index < -0.39 is 15.9 Å². The molecular formula is C21H21N3O6S2. The summed E-state index contributed by atoms with van der Waals surface area (Å²) in [6.07, 6.45) is 4.41. The van der Waals surface area contributed by atoms with Crippen molar-refractivity contribution in [3.05, 3.63) is 59.6 Å². The molecule has 0 saturated heterocycles. The second-order valence-electron chi connectivity index (χ2n) is 6.21. The first-order valence-corrected chi connectivity index (χ1v) is 11.5. The van der Waals surface area contributed by atoms with Crippen molar-refractivity contribution < 1.29 is 27.4 Å². The summed E-state index contributed by atoms with van der Waals surface area (Å²) in [6.45, 7) is 0. The number of ether oxygens (including phenoxy) is 3. The van der Waals surface area contributed by atoms with Crippen LogP contribution in [0.3, 0.4) is 0 Å². The van der Waals surface area contributed by atoms with E-state index in [1.165, 1.54) is 69.2 Å². The van der Waals surface area contributed by atoms with Gasteiger partial charge in [-0.25, -0.2) is 13.4 Å². The minimum Gasteiger partial charge on any atom is -0.493 e. The molecule has 0 radical (unpaired) electrons. The molecule has 0 unspecified atom stereocenters. The van der Waals surface area contributed by atoms with Crippen LogP contribution in [0.2, 0.25) is 0 Å². The second kappa shape index (κ2) is 10.2. The molecule has 0 saturated carbocycles. The van der Waals surface area contributed by atoms with Gasteiger partial charge in [0.1, 0.15) is 0 Å². The van der Waals surface area contributed by atoms with Gasteiger partial charge in [0.05, 0.1) is 26.2 Å². The van der Waals surface area contributed by atoms with E-state index in [-0.39, 0.29) is 10.0 Å². The number of benzene rings is 2. The van der Waals surface area contributed by atoms with Crippen LogP contribution in [0.15, 0.2) is 58.9 Å². The lowest BCUT2D eigenvalue weighted by Gasteiger charge is -2.14. The van der Waals surface area contributed by atoms with Crippen molar-refractivity contribution in [1.82, 2.24) is 4.98 Å². The van der Waals surface area contributed by atoms with Crippen molar-refractivity contribution in [2.45, 2.75) is 4.90 Å². The molecular weight excluding hydrogens is 454 g/mol. The first-order chi connectivity index (χ1) is 15.4. The van der Waals surface area contributed by atoms with Gasteiger partial charge in [-0.15, -0.1) is 11.3 Å². The summed E-state index contributed by atoms with van der Waals surface area (Å²) < 4.78 is 43.1. The Labute approximate surface area is 189 Å². The summed E-state index contributed by atoms with van der Waals surface area (Å²) in [5.74, 6) is 0.947. The van der Waals surface area contributed by atoms with Crippen LogP contribution in [-0.4, -0.2) is 40.6 Å². The molecule has 1 aromatic heterocycles. The van der Waals surface area contributed by atoms with Gasteiger partial charge in [0.15, 0.2) is 16.6 Å². The lowest BCUT2D eigenvalue weighted by molar-refractivity contribution is -0.111. The smallest absolute Gasteiger partial charge is 0.263 e. The van der Waals surface area contributed by atoms with Crippen LogP contribution in [-0.2, 0) is 14.8 Å². The van der Waals surface area contributed by atoms with Crippen molar-refractivity contribution in [1.29, 1.82) is 0 Å². The van der Waals surface area contributed by atoms with Crippen LogP contribution < -0.4 is 24.2 Å². The van der Waals surface area contributed by atoms with Gasteiger partial charge in [-0.05, 0) is 42.5 Å². The summed E-state index contributed by atoms with van der Waals surface area (Å²) in [5, 5.41) is 4.62. The van der Waals surface area contributed by atoms with E-state index in [0.717, 1.165) is 0 Å². The summed E-state index contributed by atoms with van der Waals surface area (Å²) in [7, 11) is 0.751. The number of amides is 1. The molecule has 3 aromatic rings. The van der Waals surface area contributed by atoms with E-state index in [9.17, 15) is 13.2 Å². The van der Waals surface area contributed by atoms with Crippen molar-refractivity contribution in [2.75, 3.05) is 31.4 Å². The van der Waals surface area contributed by atoms with Gasteiger partial charge in [0, 0.05) is 28.9 Å². The van der Waals surface area contributed by atoms with E-state index in [1.807, 2.05) is 0 Å². The summed E-state index contributed by atoms with van der Waals surface area (Å²) in [6, 6.07) is 9.23. The SMILES string of the molecule is COc1ccc(C=CC(=O)Nc2ccc(S(=O)(=O)Nc3nccs3)cc2)c(OC)c1OC. The molecule has 3 rings (SSSR count). The average molecular weight is 476 g/mol. The zero-order chi connectivity index (χ0) is 23.1. The number of rotatable bonds is 9. The highest BCUT2D eigenvalue weighted by atomic mass is 32.2. The van der Waals surface area contributed by atoms with Crippen LogP contribution in [0.4, 0.5) is 10.8 Å². The molecule has 32 heavy (non-hydrogen) atoms. The largest absolute Gasteiger partial charge is 0.493 e. The van der Waals surface area contributed by atoms with Crippen molar-refractivity contribution in [3.63, 3.8) is 0 Å². The highest BCUT2D eigenvalue weighted by Gasteiger charge is 2.16. The van der Waals surface area contributed by atoms with Crippen molar-refractivity contribution in [3.8, 4) is 17.2 Å².